The number of carbonyl (C=O) groups is 2. The number of hydrogen-bond donors (Lipinski definition) is 2. The summed E-state index contributed by atoms with van der Waals surface area (Å²) >= 11 is 0. The van der Waals surface area contributed by atoms with Gasteiger partial charge in [-0.1, -0.05) is 32.9 Å². The van der Waals surface area contributed by atoms with E-state index in [2.05, 4.69) is 23.4 Å². The number of amides is 2. The molecule has 9 heteroatoms. The van der Waals surface area contributed by atoms with Crippen LogP contribution in [0.5, 0.6) is 5.88 Å². The highest BCUT2D eigenvalue weighted by atomic mass is 16.3. The lowest BCUT2D eigenvalue weighted by molar-refractivity contribution is -0.130. The maximum Gasteiger partial charge on any atom is 0.291 e. The van der Waals surface area contributed by atoms with Crippen LogP contribution in [0, 0.1) is 11.3 Å². The Morgan fingerprint density at radius 2 is 1.97 bits per heavy atom. The minimum absolute atomic E-state index is 0.0665. The van der Waals surface area contributed by atoms with Crippen LogP contribution in [-0.2, 0) is 11.3 Å². The van der Waals surface area contributed by atoms with Gasteiger partial charge in [0.25, 0.3) is 11.5 Å². The van der Waals surface area contributed by atoms with Gasteiger partial charge in [-0.05, 0) is 37.0 Å². The van der Waals surface area contributed by atoms with E-state index < -0.39 is 11.5 Å². The fourth-order valence-corrected chi connectivity index (χ4v) is 4.34. The van der Waals surface area contributed by atoms with Crippen LogP contribution >= 0.6 is 0 Å². The molecule has 2 N–H and O–H groups in total. The SMILES string of the molecule is CC(=O)N1CCC(C)(/C=C/c2cnn3c(=O)c(C(=O)NC4CC4)c(O)n(CC(C)C)c23)CC1. The van der Waals surface area contributed by atoms with Crippen LogP contribution in [0.25, 0.3) is 11.7 Å². The summed E-state index contributed by atoms with van der Waals surface area (Å²) in [5.41, 5.74) is 0.191. The fourth-order valence-electron chi connectivity index (χ4n) is 4.34. The maximum atomic E-state index is 13.1. The van der Waals surface area contributed by atoms with Gasteiger partial charge in [0.2, 0.25) is 11.8 Å². The molecule has 2 aliphatic rings. The van der Waals surface area contributed by atoms with Crippen molar-refractivity contribution in [3.63, 3.8) is 0 Å². The second-order valence-electron chi connectivity index (χ2n) is 10.1. The number of fused-ring (bicyclic) bond motifs is 1. The Kier molecular flexibility index (Phi) is 6.07. The van der Waals surface area contributed by atoms with E-state index in [0.29, 0.717) is 30.8 Å². The monoisotopic (exact) mass is 455 g/mol. The van der Waals surface area contributed by atoms with E-state index in [-0.39, 0.29) is 34.7 Å². The Bertz CT molecular complexity index is 1160. The molecule has 2 aromatic heterocycles. The molecule has 2 amide bonds. The van der Waals surface area contributed by atoms with Gasteiger partial charge in [-0.25, -0.2) is 0 Å². The Morgan fingerprint density at radius 3 is 2.55 bits per heavy atom. The van der Waals surface area contributed by atoms with E-state index in [4.69, 9.17) is 0 Å². The van der Waals surface area contributed by atoms with Gasteiger partial charge >= 0.3 is 0 Å². The van der Waals surface area contributed by atoms with Crippen molar-refractivity contribution in [1.82, 2.24) is 24.4 Å². The topological polar surface area (TPSA) is 109 Å². The Labute approximate surface area is 193 Å². The lowest BCUT2D eigenvalue weighted by Crippen LogP contribution is -2.40. The summed E-state index contributed by atoms with van der Waals surface area (Å²) in [5.74, 6) is -0.618. The molecule has 0 radical (unpaired) electrons. The lowest BCUT2D eigenvalue weighted by atomic mass is 9.80. The first-order chi connectivity index (χ1) is 15.6. The third-order valence-corrected chi connectivity index (χ3v) is 6.62. The van der Waals surface area contributed by atoms with Gasteiger partial charge in [0, 0.05) is 38.2 Å². The van der Waals surface area contributed by atoms with Gasteiger partial charge in [-0.3, -0.25) is 19.0 Å². The molecule has 0 spiro atoms. The van der Waals surface area contributed by atoms with Crippen molar-refractivity contribution < 1.29 is 14.7 Å². The molecule has 1 aliphatic heterocycles. The molecular weight excluding hydrogens is 422 g/mol. The van der Waals surface area contributed by atoms with Crippen molar-refractivity contribution in [2.75, 3.05) is 13.1 Å². The zero-order valence-electron chi connectivity index (χ0n) is 19.8. The minimum atomic E-state index is -0.624. The second kappa shape index (κ2) is 8.68. The maximum absolute atomic E-state index is 13.1. The lowest BCUT2D eigenvalue weighted by Gasteiger charge is -2.37. The number of carbonyl (C=O) groups excluding carboxylic acids is 2. The van der Waals surface area contributed by atoms with E-state index in [1.807, 2.05) is 24.8 Å². The van der Waals surface area contributed by atoms with E-state index >= 15 is 0 Å². The van der Waals surface area contributed by atoms with Crippen molar-refractivity contribution in [2.45, 2.75) is 66.0 Å². The fraction of sp³-hybridized carbons (Fsp3) is 0.583. The second-order valence-corrected chi connectivity index (χ2v) is 10.1. The number of aromatic nitrogens is 3. The molecule has 1 aliphatic carbocycles. The van der Waals surface area contributed by atoms with Crippen molar-refractivity contribution in [3.8, 4) is 5.88 Å². The van der Waals surface area contributed by atoms with E-state index in [1.165, 1.54) is 4.52 Å². The Balaban J connectivity index is 1.73. The highest BCUT2D eigenvalue weighted by Gasteiger charge is 2.31. The number of hydrogen-bond acceptors (Lipinski definition) is 5. The summed E-state index contributed by atoms with van der Waals surface area (Å²) in [6.45, 7) is 9.62. The van der Waals surface area contributed by atoms with Gasteiger partial charge in [0.05, 0.1) is 6.20 Å². The van der Waals surface area contributed by atoms with E-state index in [0.717, 1.165) is 25.7 Å². The number of nitrogens with zero attached hydrogens (tertiary/aromatic N) is 4. The Hall–Kier alpha value is -3.10. The first-order valence-electron chi connectivity index (χ1n) is 11.7. The van der Waals surface area contributed by atoms with E-state index in [9.17, 15) is 19.5 Å². The Morgan fingerprint density at radius 1 is 1.30 bits per heavy atom. The van der Waals surface area contributed by atoms with Crippen molar-refractivity contribution in [2.24, 2.45) is 11.3 Å². The predicted octanol–water partition coefficient (Wildman–Crippen LogP) is 2.41. The number of aromatic hydroxyl groups is 1. The number of likely N-dealkylation sites (tertiary alicyclic amines) is 1. The summed E-state index contributed by atoms with van der Waals surface area (Å²) in [7, 11) is 0. The predicted molar refractivity (Wildman–Crippen MR) is 125 cm³/mol. The van der Waals surface area contributed by atoms with Crippen LogP contribution in [-0.4, -0.2) is 55.1 Å². The van der Waals surface area contributed by atoms with Crippen LogP contribution < -0.4 is 10.9 Å². The van der Waals surface area contributed by atoms with Crippen LogP contribution in [0.4, 0.5) is 0 Å². The zero-order valence-corrected chi connectivity index (χ0v) is 19.8. The number of allylic oxidation sites excluding steroid dienone is 1. The molecule has 3 heterocycles. The molecule has 0 atom stereocenters. The van der Waals surface area contributed by atoms with Crippen molar-refractivity contribution >= 4 is 23.5 Å². The number of rotatable bonds is 6. The summed E-state index contributed by atoms with van der Waals surface area (Å²) in [5, 5.41) is 18.1. The quantitative estimate of drug-likeness (QED) is 0.695. The van der Waals surface area contributed by atoms with E-state index in [1.54, 1.807) is 17.7 Å². The molecule has 4 rings (SSSR count). The van der Waals surface area contributed by atoms with Gasteiger partial charge < -0.3 is 15.3 Å². The molecule has 2 fully saturated rings. The average Bonchev–Trinajstić information content (AvgIpc) is 3.45. The summed E-state index contributed by atoms with van der Waals surface area (Å²) in [4.78, 5) is 39.3. The average molecular weight is 456 g/mol. The van der Waals surface area contributed by atoms with Gasteiger partial charge in [-0.2, -0.15) is 9.61 Å². The molecule has 178 valence electrons. The first kappa shape index (κ1) is 23.1. The van der Waals surface area contributed by atoms with Crippen molar-refractivity contribution in [3.05, 3.63) is 33.8 Å². The highest BCUT2D eigenvalue weighted by Crippen LogP contribution is 2.34. The molecule has 0 aromatic carbocycles. The molecular formula is C24H33N5O4. The molecule has 9 nitrogen and oxygen atoms in total. The van der Waals surface area contributed by atoms with Crippen molar-refractivity contribution in [1.29, 1.82) is 0 Å². The molecule has 0 bridgehead atoms. The minimum Gasteiger partial charge on any atom is -0.494 e. The highest BCUT2D eigenvalue weighted by molar-refractivity contribution is 5.96. The molecule has 1 saturated carbocycles. The largest absolute Gasteiger partial charge is 0.494 e. The van der Waals surface area contributed by atoms with Crippen LogP contribution in [0.15, 0.2) is 17.1 Å². The smallest absolute Gasteiger partial charge is 0.291 e. The van der Waals surface area contributed by atoms with Crippen LogP contribution in [0.3, 0.4) is 0 Å². The summed E-state index contributed by atoms with van der Waals surface area (Å²) < 4.78 is 2.82. The molecule has 2 aromatic rings. The summed E-state index contributed by atoms with van der Waals surface area (Å²) in [6, 6.07) is 0.0665. The summed E-state index contributed by atoms with van der Waals surface area (Å²) in [6.07, 6.45) is 9.10. The molecule has 1 saturated heterocycles. The normalized spacial score (nSPS) is 18.4. The number of piperidine rings is 1. The number of nitrogens with one attached hydrogen (secondary N) is 1. The van der Waals surface area contributed by atoms with Crippen LogP contribution in [0.1, 0.15) is 69.3 Å². The third-order valence-electron chi connectivity index (χ3n) is 6.62. The first-order valence-corrected chi connectivity index (χ1v) is 11.7. The van der Waals surface area contributed by atoms with Gasteiger partial charge in [-0.15, -0.1) is 0 Å². The zero-order chi connectivity index (χ0) is 23.9. The van der Waals surface area contributed by atoms with Crippen LogP contribution in [0.2, 0.25) is 0 Å². The van der Waals surface area contributed by atoms with Gasteiger partial charge in [0.1, 0.15) is 5.65 Å². The third kappa shape index (κ3) is 4.67. The van der Waals surface area contributed by atoms with Gasteiger partial charge in [0.15, 0.2) is 5.56 Å². The standard InChI is InChI=1S/C24H33N5O4/c1-15(2)14-28-21-17(7-8-24(4)9-11-27(12-10-24)16(3)30)13-25-29(21)23(33)19(22(28)32)20(31)26-18-5-6-18/h7-8,13,15,18,32H,5-6,9-12,14H2,1-4H3,(H,26,31)/b8-7+. The molecule has 0 unspecified atom stereocenters. The molecule has 33 heavy (non-hydrogen) atoms.